The van der Waals surface area contributed by atoms with E-state index < -0.39 is 0 Å². The zero-order chi connectivity index (χ0) is 18.6. The number of allylic oxidation sites excluding steroid dienone is 1. The van der Waals surface area contributed by atoms with Crippen molar-refractivity contribution in [1.82, 2.24) is 19.7 Å². The summed E-state index contributed by atoms with van der Waals surface area (Å²) in [5, 5.41) is 21.8. The summed E-state index contributed by atoms with van der Waals surface area (Å²) in [6.45, 7) is 5.41. The van der Waals surface area contributed by atoms with Gasteiger partial charge in [-0.2, -0.15) is 5.26 Å². The van der Waals surface area contributed by atoms with Gasteiger partial charge in [0, 0.05) is 24.9 Å². The molecule has 2 aromatic rings. The van der Waals surface area contributed by atoms with Gasteiger partial charge in [0.1, 0.15) is 22.5 Å². The Balaban J connectivity index is 1.78. The van der Waals surface area contributed by atoms with Gasteiger partial charge >= 0.3 is 0 Å². The Morgan fingerprint density at radius 1 is 1.22 bits per heavy atom. The van der Waals surface area contributed by atoms with Crippen LogP contribution in [0.2, 0.25) is 0 Å². The van der Waals surface area contributed by atoms with Gasteiger partial charge in [0.25, 0.3) is 0 Å². The lowest BCUT2D eigenvalue weighted by Crippen LogP contribution is -2.18. The molecule has 5 nitrogen and oxygen atoms in total. The maximum absolute atomic E-state index is 10.00. The lowest BCUT2D eigenvalue weighted by molar-refractivity contribution is 0.586. The zero-order valence-corrected chi connectivity index (χ0v) is 16.0. The number of aryl methyl sites for hydroxylation is 1. The number of nitriles is 1. The maximum atomic E-state index is 10.00. The quantitative estimate of drug-likeness (QED) is 0.584. The van der Waals surface area contributed by atoms with E-state index >= 15 is 0 Å². The Kier molecular flexibility index (Phi) is 5.12. The molecule has 6 heteroatoms. The highest BCUT2D eigenvalue weighted by atomic mass is 32.2. The van der Waals surface area contributed by atoms with Gasteiger partial charge in [-0.3, -0.25) is 0 Å². The van der Waals surface area contributed by atoms with Crippen molar-refractivity contribution in [3.8, 4) is 6.07 Å². The Bertz CT molecular complexity index is 949. The molecule has 136 valence electrons. The topological polar surface area (TPSA) is 57.7 Å². The molecule has 27 heavy (non-hydrogen) atoms. The first-order valence-electron chi connectivity index (χ1n) is 9.21. The van der Waals surface area contributed by atoms with Crippen molar-refractivity contribution >= 4 is 23.0 Å². The number of aromatic nitrogens is 3. The Hall–Kier alpha value is -2.78. The van der Waals surface area contributed by atoms with Gasteiger partial charge in [0.05, 0.1) is 5.70 Å². The van der Waals surface area contributed by atoms with Crippen molar-refractivity contribution in [1.29, 1.82) is 5.26 Å². The molecular formula is C21H21N5S. The molecule has 0 saturated carbocycles. The highest BCUT2D eigenvalue weighted by molar-refractivity contribution is 8.06. The van der Waals surface area contributed by atoms with Crippen LogP contribution in [0.25, 0.3) is 11.3 Å². The standard InChI is InChI=1S/C21H21N5S/c1-2-12-25-18(16-9-5-3-6-10-16)15-27-21(25)17(14-22)20-24-23-19-11-7-4-8-13-26(19)20/h2-3,5-6,9-10,15H,1,4,7-8,11-13H2. The largest absolute Gasteiger partial charge is 0.330 e. The number of fused-ring (bicyclic) bond motifs is 1. The summed E-state index contributed by atoms with van der Waals surface area (Å²) in [5.41, 5.74) is 2.79. The fraction of sp³-hybridized carbons (Fsp3) is 0.286. The maximum Gasteiger partial charge on any atom is 0.177 e. The minimum atomic E-state index is 0.588. The van der Waals surface area contributed by atoms with E-state index in [-0.39, 0.29) is 0 Å². The van der Waals surface area contributed by atoms with E-state index in [1.807, 2.05) is 24.3 Å². The van der Waals surface area contributed by atoms with E-state index in [0.717, 1.165) is 47.9 Å². The van der Waals surface area contributed by atoms with Crippen molar-refractivity contribution in [2.75, 3.05) is 6.54 Å². The van der Waals surface area contributed by atoms with Crippen LogP contribution in [-0.2, 0) is 13.0 Å². The molecule has 0 fully saturated rings. The first-order chi connectivity index (χ1) is 13.3. The van der Waals surface area contributed by atoms with E-state index in [1.165, 1.54) is 6.42 Å². The molecule has 1 aromatic heterocycles. The molecule has 0 aliphatic carbocycles. The molecule has 0 amide bonds. The molecular weight excluding hydrogens is 354 g/mol. The lowest BCUT2D eigenvalue weighted by Gasteiger charge is -2.23. The number of rotatable bonds is 4. The predicted octanol–water partition coefficient (Wildman–Crippen LogP) is 4.43. The van der Waals surface area contributed by atoms with Crippen LogP contribution in [-0.4, -0.2) is 26.2 Å². The van der Waals surface area contributed by atoms with Crippen LogP contribution in [0.5, 0.6) is 0 Å². The molecule has 2 aliphatic heterocycles. The van der Waals surface area contributed by atoms with Crippen LogP contribution in [0.4, 0.5) is 0 Å². The summed E-state index contributed by atoms with van der Waals surface area (Å²) in [7, 11) is 0. The number of thioether (sulfide) groups is 1. The highest BCUT2D eigenvalue weighted by Crippen LogP contribution is 2.43. The van der Waals surface area contributed by atoms with Crippen molar-refractivity contribution in [2.24, 2.45) is 0 Å². The Labute approximate surface area is 163 Å². The fourth-order valence-corrected chi connectivity index (χ4v) is 4.59. The third-order valence-corrected chi connectivity index (χ3v) is 5.85. The Morgan fingerprint density at radius 3 is 2.85 bits per heavy atom. The second kappa shape index (κ2) is 7.85. The molecule has 0 N–H and O–H groups in total. The van der Waals surface area contributed by atoms with Crippen LogP contribution >= 0.6 is 11.8 Å². The highest BCUT2D eigenvalue weighted by Gasteiger charge is 2.28. The normalized spacial score (nSPS) is 18.3. The summed E-state index contributed by atoms with van der Waals surface area (Å²) in [6, 6.07) is 12.6. The zero-order valence-electron chi connectivity index (χ0n) is 15.1. The van der Waals surface area contributed by atoms with E-state index in [9.17, 15) is 5.26 Å². The van der Waals surface area contributed by atoms with Gasteiger partial charge in [0.2, 0.25) is 0 Å². The van der Waals surface area contributed by atoms with Gasteiger partial charge in [0.15, 0.2) is 5.82 Å². The molecule has 3 heterocycles. The first-order valence-corrected chi connectivity index (χ1v) is 10.1. The minimum absolute atomic E-state index is 0.588. The predicted molar refractivity (Wildman–Crippen MR) is 109 cm³/mol. The molecule has 0 saturated heterocycles. The summed E-state index contributed by atoms with van der Waals surface area (Å²) in [5.74, 6) is 1.68. The molecule has 4 rings (SSSR count). The van der Waals surface area contributed by atoms with E-state index in [1.54, 1.807) is 11.8 Å². The van der Waals surface area contributed by atoms with Gasteiger partial charge in [-0.1, -0.05) is 54.6 Å². The average Bonchev–Trinajstić information content (AvgIpc) is 3.21. The minimum Gasteiger partial charge on any atom is -0.330 e. The van der Waals surface area contributed by atoms with Gasteiger partial charge < -0.3 is 9.47 Å². The van der Waals surface area contributed by atoms with Crippen molar-refractivity contribution in [3.63, 3.8) is 0 Å². The monoisotopic (exact) mass is 375 g/mol. The molecule has 0 atom stereocenters. The number of nitrogens with zero attached hydrogens (tertiary/aromatic N) is 5. The molecule has 0 bridgehead atoms. The summed E-state index contributed by atoms with van der Waals surface area (Å²) in [6.07, 6.45) is 6.22. The lowest BCUT2D eigenvalue weighted by atomic mass is 10.1. The van der Waals surface area contributed by atoms with Crippen LogP contribution in [0.3, 0.4) is 0 Å². The van der Waals surface area contributed by atoms with E-state index in [0.29, 0.717) is 17.9 Å². The third-order valence-electron chi connectivity index (χ3n) is 4.86. The van der Waals surface area contributed by atoms with E-state index in [4.69, 9.17) is 0 Å². The second-order valence-electron chi connectivity index (χ2n) is 6.58. The SMILES string of the molecule is C=CCN1C(c2ccccc2)=CSC1=C(C#N)c1nnc2n1CCCCC2. The number of benzene rings is 1. The number of hydrogen-bond acceptors (Lipinski definition) is 5. The van der Waals surface area contributed by atoms with Crippen molar-refractivity contribution in [3.05, 3.63) is 70.6 Å². The summed E-state index contributed by atoms with van der Waals surface area (Å²) >= 11 is 1.57. The Morgan fingerprint density at radius 2 is 2.07 bits per heavy atom. The van der Waals surface area contributed by atoms with Crippen molar-refractivity contribution < 1.29 is 0 Å². The number of hydrogen-bond donors (Lipinski definition) is 0. The summed E-state index contributed by atoms with van der Waals surface area (Å²) in [4.78, 5) is 2.14. The van der Waals surface area contributed by atoms with Crippen LogP contribution < -0.4 is 0 Å². The van der Waals surface area contributed by atoms with Crippen molar-refractivity contribution in [2.45, 2.75) is 32.2 Å². The fourth-order valence-electron chi connectivity index (χ4n) is 3.55. The molecule has 0 unspecified atom stereocenters. The molecule has 0 radical (unpaired) electrons. The van der Waals surface area contributed by atoms with Gasteiger partial charge in [-0.15, -0.1) is 16.8 Å². The third kappa shape index (κ3) is 3.31. The first kappa shape index (κ1) is 17.6. The van der Waals surface area contributed by atoms with Crippen LogP contribution in [0, 0.1) is 11.3 Å². The second-order valence-corrected chi connectivity index (χ2v) is 7.44. The molecule has 1 aromatic carbocycles. The summed E-state index contributed by atoms with van der Waals surface area (Å²) < 4.78 is 2.13. The van der Waals surface area contributed by atoms with Crippen LogP contribution in [0.1, 0.15) is 36.5 Å². The van der Waals surface area contributed by atoms with Gasteiger partial charge in [-0.05, 0) is 18.4 Å². The average molecular weight is 376 g/mol. The molecule has 0 spiro atoms. The smallest absolute Gasteiger partial charge is 0.177 e. The van der Waals surface area contributed by atoms with Crippen LogP contribution in [0.15, 0.2) is 53.4 Å². The van der Waals surface area contributed by atoms with Gasteiger partial charge in [-0.25, -0.2) is 0 Å². The van der Waals surface area contributed by atoms with E-state index in [2.05, 4.69) is 49.9 Å². The molecule has 2 aliphatic rings.